The van der Waals surface area contributed by atoms with E-state index in [1.54, 1.807) is 4.90 Å². The van der Waals surface area contributed by atoms with Crippen LogP contribution in [0, 0.1) is 0 Å². The first kappa shape index (κ1) is 26.9. The zero-order chi connectivity index (χ0) is 25.4. The molecule has 1 N–H and O–H groups in total. The van der Waals surface area contributed by atoms with Gasteiger partial charge in [-0.25, -0.2) is 0 Å². The molecule has 1 aromatic carbocycles. The van der Waals surface area contributed by atoms with E-state index < -0.39 is 11.8 Å². The number of rotatable bonds is 0. The predicted molar refractivity (Wildman–Crippen MR) is 137 cm³/mol. The third-order valence-corrected chi connectivity index (χ3v) is 6.44. The number of fused-ring (bicyclic) bond motifs is 1. The van der Waals surface area contributed by atoms with Crippen LogP contribution in [0.15, 0.2) is 0 Å². The van der Waals surface area contributed by atoms with E-state index in [9.17, 15) is 9.90 Å². The van der Waals surface area contributed by atoms with Gasteiger partial charge in [-0.2, -0.15) is 0 Å². The molecule has 1 atom stereocenters. The van der Waals surface area contributed by atoms with E-state index in [4.69, 9.17) is 0 Å². The molecule has 1 aromatic rings. The van der Waals surface area contributed by atoms with Crippen LogP contribution in [0.5, 0.6) is 0 Å². The van der Waals surface area contributed by atoms with Gasteiger partial charge in [0.15, 0.2) is 0 Å². The van der Waals surface area contributed by atoms with E-state index in [1.807, 2.05) is 20.8 Å². The molecule has 1 aliphatic rings. The van der Waals surface area contributed by atoms with Crippen LogP contribution in [0.3, 0.4) is 0 Å². The lowest BCUT2D eigenvalue weighted by molar-refractivity contribution is -0.0363. The van der Waals surface area contributed by atoms with Crippen LogP contribution in [0.4, 0.5) is 0 Å². The van der Waals surface area contributed by atoms with E-state index in [-0.39, 0.29) is 27.6 Å². The fourth-order valence-electron chi connectivity index (χ4n) is 5.60. The number of hydrogen-bond donors (Lipinski definition) is 1. The zero-order valence-electron chi connectivity index (χ0n) is 23.6. The first-order valence-corrected chi connectivity index (χ1v) is 12.2. The Balaban J connectivity index is 3.32. The SMILES string of the molecule is CC(C)(C)c1c2c(c(C(C)(C)C)c(C(C)(C)C)c1C(C)(C)C)C(=O)N(C(C)(C)C)C(O)C2. The smallest absolute Gasteiger partial charge is 0.256 e. The Hall–Kier alpha value is -1.35. The summed E-state index contributed by atoms with van der Waals surface area (Å²) in [6.07, 6.45) is -0.348. The van der Waals surface area contributed by atoms with Crippen molar-refractivity contribution in [3.05, 3.63) is 33.4 Å². The normalized spacial score (nSPS) is 18.8. The summed E-state index contributed by atoms with van der Waals surface area (Å²) >= 11 is 0. The average molecular weight is 444 g/mol. The summed E-state index contributed by atoms with van der Waals surface area (Å²) in [5.74, 6) is -0.0346. The standard InChI is InChI=1S/C29H49NO2/c1-25(2,3)20-17-16-18(31)30(29(13,14)15)24(32)19(17)21(26(4,5)6)23(28(10,11)12)22(20)27(7,8)9/h18,31H,16H2,1-15H3. The van der Waals surface area contributed by atoms with Crippen molar-refractivity contribution in [2.75, 3.05) is 0 Å². The fourth-order valence-corrected chi connectivity index (χ4v) is 5.60. The second-order valence-corrected chi connectivity index (χ2v) is 14.9. The summed E-state index contributed by atoms with van der Waals surface area (Å²) in [6, 6.07) is 0. The molecule has 3 heteroatoms. The number of amides is 1. The third-order valence-electron chi connectivity index (χ3n) is 6.44. The second kappa shape index (κ2) is 7.58. The lowest BCUT2D eigenvalue weighted by Gasteiger charge is -2.48. The molecule has 3 nitrogen and oxygen atoms in total. The Labute approximate surface area is 198 Å². The first-order valence-electron chi connectivity index (χ1n) is 12.2. The molecule has 0 radical (unpaired) electrons. The van der Waals surface area contributed by atoms with E-state index in [0.29, 0.717) is 6.42 Å². The van der Waals surface area contributed by atoms with Gasteiger partial charge < -0.3 is 10.0 Å². The summed E-state index contributed by atoms with van der Waals surface area (Å²) in [5, 5.41) is 11.2. The summed E-state index contributed by atoms with van der Waals surface area (Å²) in [6.45, 7) is 33.1. The quantitative estimate of drug-likeness (QED) is 0.469. The molecule has 1 unspecified atom stereocenters. The van der Waals surface area contributed by atoms with Gasteiger partial charge in [0.25, 0.3) is 5.91 Å². The molecule has 1 heterocycles. The van der Waals surface area contributed by atoms with Gasteiger partial charge in [0.05, 0.1) is 0 Å². The van der Waals surface area contributed by atoms with Crippen LogP contribution in [0.25, 0.3) is 0 Å². The van der Waals surface area contributed by atoms with Crippen LogP contribution < -0.4 is 0 Å². The third kappa shape index (κ3) is 4.65. The highest BCUT2D eigenvalue weighted by molar-refractivity contribution is 6.00. The lowest BCUT2D eigenvalue weighted by atomic mass is 9.60. The molecule has 0 spiro atoms. The Morgan fingerprint density at radius 2 is 0.969 bits per heavy atom. The number of aliphatic hydroxyl groups excluding tert-OH is 1. The second-order valence-electron chi connectivity index (χ2n) is 14.9. The summed E-state index contributed by atoms with van der Waals surface area (Å²) in [7, 11) is 0. The van der Waals surface area contributed by atoms with Crippen LogP contribution in [0.1, 0.15) is 142 Å². The van der Waals surface area contributed by atoms with Crippen LogP contribution in [0.2, 0.25) is 0 Å². The minimum atomic E-state index is -0.822. The summed E-state index contributed by atoms with van der Waals surface area (Å²) in [4.78, 5) is 15.9. The van der Waals surface area contributed by atoms with Gasteiger partial charge in [0.2, 0.25) is 0 Å². The van der Waals surface area contributed by atoms with Crippen molar-refractivity contribution in [1.82, 2.24) is 4.90 Å². The molecular formula is C29H49NO2. The molecule has 0 aliphatic carbocycles. The minimum absolute atomic E-state index is 0.0346. The van der Waals surface area contributed by atoms with Gasteiger partial charge in [0.1, 0.15) is 6.23 Å². The summed E-state index contributed by atoms with van der Waals surface area (Å²) < 4.78 is 0. The minimum Gasteiger partial charge on any atom is -0.373 e. The molecule has 1 amide bonds. The van der Waals surface area contributed by atoms with E-state index in [0.717, 1.165) is 16.7 Å². The van der Waals surface area contributed by atoms with Crippen LogP contribution in [-0.4, -0.2) is 27.7 Å². The maximum absolute atomic E-state index is 14.2. The first-order chi connectivity index (χ1) is 13.9. The van der Waals surface area contributed by atoms with Crippen molar-refractivity contribution >= 4 is 5.91 Å². The molecule has 0 aromatic heterocycles. The van der Waals surface area contributed by atoms with Crippen molar-refractivity contribution < 1.29 is 9.90 Å². The highest BCUT2D eigenvalue weighted by Gasteiger charge is 2.47. The number of carbonyl (C=O) groups excluding carboxylic acids is 1. The largest absolute Gasteiger partial charge is 0.373 e. The van der Waals surface area contributed by atoms with Gasteiger partial charge in [-0.3, -0.25) is 4.79 Å². The lowest BCUT2D eigenvalue weighted by Crippen LogP contribution is -2.56. The van der Waals surface area contributed by atoms with Crippen LogP contribution in [-0.2, 0) is 28.1 Å². The Bertz CT molecular complexity index is 904. The van der Waals surface area contributed by atoms with Gasteiger partial charge in [-0.1, -0.05) is 83.1 Å². The number of hydrogen-bond acceptors (Lipinski definition) is 2. The van der Waals surface area contributed by atoms with Crippen LogP contribution >= 0.6 is 0 Å². The van der Waals surface area contributed by atoms with Gasteiger partial charge in [-0.15, -0.1) is 0 Å². The average Bonchev–Trinajstić information content (AvgIpc) is 2.46. The monoisotopic (exact) mass is 443 g/mol. The number of aliphatic hydroxyl groups is 1. The molecule has 0 saturated heterocycles. The summed E-state index contributed by atoms with van der Waals surface area (Å²) in [5.41, 5.74) is 5.87. The highest BCUT2D eigenvalue weighted by Crippen LogP contribution is 2.50. The Morgan fingerprint density at radius 3 is 1.28 bits per heavy atom. The van der Waals surface area contributed by atoms with Gasteiger partial charge in [-0.05, 0) is 70.2 Å². The van der Waals surface area contributed by atoms with Crippen molar-refractivity contribution in [1.29, 1.82) is 0 Å². The molecule has 0 bridgehead atoms. The number of nitrogens with zero attached hydrogens (tertiary/aromatic N) is 1. The molecule has 1 aliphatic heterocycles. The van der Waals surface area contributed by atoms with Crippen molar-refractivity contribution in [2.24, 2.45) is 0 Å². The molecule has 182 valence electrons. The molecule has 0 fully saturated rings. The topological polar surface area (TPSA) is 40.5 Å². The Kier molecular flexibility index (Phi) is 6.37. The predicted octanol–water partition coefficient (Wildman–Crippen LogP) is 6.99. The highest BCUT2D eigenvalue weighted by atomic mass is 16.3. The Morgan fingerprint density at radius 1 is 0.625 bits per heavy atom. The fraction of sp³-hybridized carbons (Fsp3) is 0.759. The van der Waals surface area contributed by atoms with Gasteiger partial charge >= 0.3 is 0 Å². The van der Waals surface area contributed by atoms with Crippen molar-refractivity contribution in [3.63, 3.8) is 0 Å². The number of benzene rings is 1. The number of carbonyl (C=O) groups is 1. The van der Waals surface area contributed by atoms with Gasteiger partial charge in [0, 0.05) is 17.5 Å². The molecular weight excluding hydrogens is 394 g/mol. The zero-order valence-corrected chi connectivity index (χ0v) is 23.6. The van der Waals surface area contributed by atoms with Crippen molar-refractivity contribution in [3.8, 4) is 0 Å². The molecule has 0 saturated carbocycles. The van der Waals surface area contributed by atoms with E-state index in [2.05, 4.69) is 83.1 Å². The maximum atomic E-state index is 14.2. The molecule has 32 heavy (non-hydrogen) atoms. The van der Waals surface area contributed by atoms with E-state index in [1.165, 1.54) is 16.7 Å². The maximum Gasteiger partial charge on any atom is 0.256 e. The molecule has 2 rings (SSSR count). The van der Waals surface area contributed by atoms with Crippen molar-refractivity contribution in [2.45, 2.75) is 144 Å². The van der Waals surface area contributed by atoms with E-state index >= 15 is 0 Å².